The molecule has 1 aromatic heterocycles. The number of aromatic nitrogens is 2. The summed E-state index contributed by atoms with van der Waals surface area (Å²) in [5.74, 6) is 0.753. The quantitative estimate of drug-likeness (QED) is 0.623. The largest absolute Gasteiger partial charge is 0.352 e. The number of benzene rings is 1. The third kappa shape index (κ3) is 4.29. The molecule has 2 aromatic rings. The molecule has 130 valence electrons. The molecule has 5 nitrogen and oxygen atoms in total. The molecule has 2 rings (SSSR count). The van der Waals surface area contributed by atoms with Crippen molar-refractivity contribution in [1.82, 2.24) is 20.4 Å². The van der Waals surface area contributed by atoms with Crippen LogP contribution in [0.25, 0.3) is 0 Å². The van der Waals surface area contributed by atoms with E-state index in [0.29, 0.717) is 13.1 Å². The molecule has 1 aromatic carbocycles. The molecule has 0 saturated carbocycles. The van der Waals surface area contributed by atoms with Gasteiger partial charge < -0.3 is 10.6 Å². The lowest BCUT2D eigenvalue weighted by Gasteiger charge is -2.13. The normalized spacial score (nSPS) is 11.6. The molecule has 0 amide bonds. The van der Waals surface area contributed by atoms with Crippen molar-refractivity contribution < 1.29 is 0 Å². The maximum absolute atomic E-state index is 6.19. The van der Waals surface area contributed by atoms with E-state index < -0.39 is 0 Å². The highest BCUT2D eigenvalue weighted by Gasteiger charge is 2.13. The van der Waals surface area contributed by atoms with Crippen LogP contribution in [0.5, 0.6) is 0 Å². The molecule has 0 unspecified atom stereocenters. The number of aryl methyl sites for hydroxylation is 2. The van der Waals surface area contributed by atoms with E-state index in [4.69, 9.17) is 11.6 Å². The average molecular weight is 348 g/mol. The van der Waals surface area contributed by atoms with Crippen LogP contribution in [-0.2, 0) is 33.0 Å². The minimum Gasteiger partial charge on any atom is -0.352 e. The molecule has 6 heteroatoms. The highest BCUT2D eigenvalue weighted by molar-refractivity contribution is 6.31. The predicted octanol–water partition coefficient (Wildman–Crippen LogP) is 3.06. The molecule has 0 atom stereocenters. The van der Waals surface area contributed by atoms with E-state index in [1.165, 1.54) is 11.3 Å². The Hall–Kier alpha value is -2.01. The lowest BCUT2D eigenvalue weighted by Crippen LogP contribution is -2.36. The Bertz CT molecular complexity index is 705. The summed E-state index contributed by atoms with van der Waals surface area (Å²) in [6.45, 7) is 5.64. The standard InChI is InChI=1S/C18H26ClN5/c1-5-16-14(17(6-2)24(4)23-16)12-22-18(20-3)21-11-13-9-7-8-10-15(13)19/h7-10H,5-6,11-12H2,1-4H3,(H2,20,21,22). The summed E-state index contributed by atoms with van der Waals surface area (Å²) in [5, 5.41) is 12.1. The number of aliphatic imine (C=N–C) groups is 1. The van der Waals surface area contributed by atoms with Gasteiger partial charge in [-0.15, -0.1) is 0 Å². The van der Waals surface area contributed by atoms with E-state index in [1.807, 2.05) is 36.0 Å². The van der Waals surface area contributed by atoms with Crippen LogP contribution in [0, 0.1) is 0 Å². The zero-order valence-electron chi connectivity index (χ0n) is 14.9. The van der Waals surface area contributed by atoms with Gasteiger partial charge in [0.2, 0.25) is 0 Å². The molecule has 0 bridgehead atoms. The molecule has 0 aliphatic carbocycles. The summed E-state index contributed by atoms with van der Waals surface area (Å²) in [7, 11) is 3.78. The Morgan fingerprint density at radius 1 is 1.17 bits per heavy atom. The summed E-state index contributed by atoms with van der Waals surface area (Å²) in [4.78, 5) is 4.29. The second-order valence-electron chi connectivity index (χ2n) is 5.57. The van der Waals surface area contributed by atoms with E-state index in [0.717, 1.165) is 35.1 Å². The molecule has 24 heavy (non-hydrogen) atoms. The molecule has 0 radical (unpaired) electrons. The number of guanidine groups is 1. The summed E-state index contributed by atoms with van der Waals surface area (Å²) in [5.41, 5.74) is 4.72. The predicted molar refractivity (Wildman–Crippen MR) is 100 cm³/mol. The Morgan fingerprint density at radius 2 is 1.88 bits per heavy atom. The second-order valence-corrected chi connectivity index (χ2v) is 5.98. The Kier molecular flexibility index (Phi) is 6.67. The van der Waals surface area contributed by atoms with E-state index in [9.17, 15) is 0 Å². The van der Waals surface area contributed by atoms with Gasteiger partial charge in [0.05, 0.1) is 5.69 Å². The fraction of sp³-hybridized carbons (Fsp3) is 0.444. The Balaban J connectivity index is 2.01. The molecular formula is C18H26ClN5. The smallest absolute Gasteiger partial charge is 0.191 e. The Labute approximate surface area is 149 Å². The van der Waals surface area contributed by atoms with Crippen LogP contribution in [0.2, 0.25) is 5.02 Å². The van der Waals surface area contributed by atoms with Crippen LogP contribution < -0.4 is 10.6 Å². The van der Waals surface area contributed by atoms with Gasteiger partial charge in [0, 0.05) is 43.5 Å². The summed E-state index contributed by atoms with van der Waals surface area (Å²) in [6.07, 6.45) is 1.89. The maximum atomic E-state index is 6.19. The van der Waals surface area contributed by atoms with Gasteiger partial charge in [-0.25, -0.2) is 0 Å². The van der Waals surface area contributed by atoms with Crippen molar-refractivity contribution in [3.8, 4) is 0 Å². The van der Waals surface area contributed by atoms with Gasteiger partial charge in [0.1, 0.15) is 0 Å². The fourth-order valence-electron chi connectivity index (χ4n) is 2.81. The van der Waals surface area contributed by atoms with Crippen molar-refractivity contribution in [2.24, 2.45) is 12.0 Å². The second kappa shape index (κ2) is 8.73. The first-order valence-electron chi connectivity index (χ1n) is 8.32. The molecule has 0 spiro atoms. The summed E-state index contributed by atoms with van der Waals surface area (Å²) in [6, 6.07) is 7.81. The molecule has 2 N–H and O–H groups in total. The van der Waals surface area contributed by atoms with Crippen LogP contribution in [0.4, 0.5) is 0 Å². The molecule has 1 heterocycles. The van der Waals surface area contributed by atoms with Crippen molar-refractivity contribution in [3.05, 3.63) is 51.8 Å². The van der Waals surface area contributed by atoms with Gasteiger partial charge >= 0.3 is 0 Å². The summed E-state index contributed by atoms with van der Waals surface area (Å²) < 4.78 is 1.98. The van der Waals surface area contributed by atoms with Crippen LogP contribution >= 0.6 is 11.6 Å². The van der Waals surface area contributed by atoms with Crippen molar-refractivity contribution in [2.75, 3.05) is 7.05 Å². The number of nitrogens with zero attached hydrogens (tertiary/aromatic N) is 3. The van der Waals surface area contributed by atoms with Crippen LogP contribution in [-0.4, -0.2) is 22.8 Å². The number of halogens is 1. The molecular weight excluding hydrogens is 322 g/mol. The van der Waals surface area contributed by atoms with Crippen LogP contribution in [0.1, 0.15) is 36.4 Å². The number of hydrogen-bond donors (Lipinski definition) is 2. The topological polar surface area (TPSA) is 54.2 Å². The van der Waals surface area contributed by atoms with E-state index >= 15 is 0 Å². The lowest BCUT2D eigenvalue weighted by molar-refractivity contribution is 0.702. The lowest BCUT2D eigenvalue weighted by atomic mass is 10.1. The van der Waals surface area contributed by atoms with Crippen molar-refractivity contribution in [2.45, 2.75) is 39.8 Å². The molecule has 0 saturated heterocycles. The minimum absolute atomic E-state index is 0.633. The molecule has 0 fully saturated rings. The molecule has 0 aliphatic rings. The number of nitrogens with one attached hydrogen (secondary N) is 2. The van der Waals surface area contributed by atoms with Crippen LogP contribution in [0.3, 0.4) is 0 Å². The van der Waals surface area contributed by atoms with E-state index in [-0.39, 0.29) is 0 Å². The number of hydrogen-bond acceptors (Lipinski definition) is 2. The van der Waals surface area contributed by atoms with Gasteiger partial charge in [-0.3, -0.25) is 9.67 Å². The summed E-state index contributed by atoms with van der Waals surface area (Å²) >= 11 is 6.19. The van der Waals surface area contributed by atoms with Crippen molar-refractivity contribution in [1.29, 1.82) is 0 Å². The van der Waals surface area contributed by atoms with Gasteiger partial charge in [0.25, 0.3) is 0 Å². The highest BCUT2D eigenvalue weighted by Crippen LogP contribution is 2.16. The zero-order chi connectivity index (χ0) is 17.5. The highest BCUT2D eigenvalue weighted by atomic mass is 35.5. The van der Waals surface area contributed by atoms with E-state index in [1.54, 1.807) is 7.05 Å². The monoisotopic (exact) mass is 347 g/mol. The molecule has 0 aliphatic heterocycles. The van der Waals surface area contributed by atoms with Gasteiger partial charge in [-0.1, -0.05) is 43.6 Å². The third-order valence-electron chi connectivity index (χ3n) is 4.09. The third-order valence-corrected chi connectivity index (χ3v) is 4.46. The van der Waals surface area contributed by atoms with Gasteiger partial charge in [-0.2, -0.15) is 5.10 Å². The van der Waals surface area contributed by atoms with Crippen molar-refractivity contribution >= 4 is 17.6 Å². The van der Waals surface area contributed by atoms with Crippen molar-refractivity contribution in [3.63, 3.8) is 0 Å². The first kappa shape index (κ1) is 18.3. The first-order chi connectivity index (χ1) is 11.6. The Morgan fingerprint density at radius 3 is 2.50 bits per heavy atom. The SMILES string of the molecule is CCc1nn(C)c(CC)c1CNC(=NC)NCc1ccccc1Cl. The maximum Gasteiger partial charge on any atom is 0.191 e. The number of rotatable bonds is 6. The van der Waals surface area contributed by atoms with Crippen LogP contribution in [0.15, 0.2) is 29.3 Å². The first-order valence-corrected chi connectivity index (χ1v) is 8.70. The van der Waals surface area contributed by atoms with Gasteiger partial charge in [0.15, 0.2) is 5.96 Å². The van der Waals surface area contributed by atoms with Gasteiger partial charge in [-0.05, 0) is 24.5 Å². The average Bonchev–Trinajstić information content (AvgIpc) is 2.91. The fourth-order valence-corrected chi connectivity index (χ4v) is 3.01. The van der Waals surface area contributed by atoms with E-state index in [2.05, 4.69) is 34.6 Å². The zero-order valence-corrected chi connectivity index (χ0v) is 15.6. The minimum atomic E-state index is 0.633.